The van der Waals surface area contributed by atoms with Gasteiger partial charge in [-0.15, -0.1) is 0 Å². The first kappa shape index (κ1) is 14.0. The van der Waals surface area contributed by atoms with Crippen molar-refractivity contribution < 1.29 is 19.4 Å². The van der Waals surface area contributed by atoms with Crippen LogP contribution in [-0.4, -0.2) is 29.1 Å². The van der Waals surface area contributed by atoms with Crippen LogP contribution < -0.4 is 5.32 Å². The molecule has 18 heavy (non-hydrogen) atoms. The fourth-order valence-electron chi connectivity index (χ4n) is 1.24. The van der Waals surface area contributed by atoms with Gasteiger partial charge in [0.05, 0.1) is 0 Å². The van der Waals surface area contributed by atoms with Gasteiger partial charge in [0.15, 0.2) is 0 Å². The highest BCUT2D eigenvalue weighted by Crippen LogP contribution is 2.09. The molecule has 0 aliphatic heterocycles. The largest absolute Gasteiger partial charge is 0.508 e. The van der Waals surface area contributed by atoms with Gasteiger partial charge in [-0.1, -0.05) is 0 Å². The van der Waals surface area contributed by atoms with Crippen molar-refractivity contribution >= 4 is 11.9 Å². The van der Waals surface area contributed by atoms with Crippen molar-refractivity contribution in [1.82, 2.24) is 5.32 Å². The molecule has 5 nitrogen and oxygen atoms in total. The molecule has 1 amide bonds. The topological polar surface area (TPSA) is 75.6 Å². The summed E-state index contributed by atoms with van der Waals surface area (Å²) in [6, 6.07) is 5.75. The van der Waals surface area contributed by atoms with Crippen LogP contribution >= 0.6 is 0 Å². The Hall–Kier alpha value is -2.04. The maximum absolute atomic E-state index is 11.6. The van der Waals surface area contributed by atoms with E-state index in [1.54, 1.807) is 20.8 Å². The van der Waals surface area contributed by atoms with Crippen molar-refractivity contribution in [3.63, 3.8) is 0 Å². The van der Waals surface area contributed by atoms with Crippen LogP contribution in [0.3, 0.4) is 0 Å². The zero-order valence-corrected chi connectivity index (χ0v) is 10.7. The Balaban J connectivity index is 2.47. The van der Waals surface area contributed by atoms with E-state index in [1.165, 1.54) is 24.3 Å². The number of amides is 1. The lowest BCUT2D eigenvalue weighted by atomic mass is 10.2. The lowest BCUT2D eigenvalue weighted by molar-refractivity contribution is -0.153. The summed E-state index contributed by atoms with van der Waals surface area (Å²) in [5.41, 5.74) is -0.197. The van der Waals surface area contributed by atoms with Crippen molar-refractivity contribution in [3.05, 3.63) is 29.8 Å². The zero-order chi connectivity index (χ0) is 13.8. The molecule has 0 bridgehead atoms. The fourth-order valence-corrected chi connectivity index (χ4v) is 1.24. The van der Waals surface area contributed by atoms with Gasteiger partial charge in [0.25, 0.3) is 5.91 Å². The molecule has 1 aromatic carbocycles. The number of carbonyl (C=O) groups is 2. The second kappa shape index (κ2) is 5.53. The Morgan fingerprint density at radius 3 is 2.28 bits per heavy atom. The second-order valence-electron chi connectivity index (χ2n) is 4.82. The molecule has 1 rings (SSSR count). The van der Waals surface area contributed by atoms with Gasteiger partial charge in [0, 0.05) is 5.56 Å². The molecule has 0 radical (unpaired) electrons. The molecule has 0 aliphatic carbocycles. The summed E-state index contributed by atoms with van der Waals surface area (Å²) < 4.78 is 5.05. The van der Waals surface area contributed by atoms with E-state index in [0.29, 0.717) is 5.56 Å². The highest BCUT2D eigenvalue weighted by atomic mass is 16.6. The van der Waals surface area contributed by atoms with E-state index >= 15 is 0 Å². The highest BCUT2D eigenvalue weighted by molar-refractivity contribution is 5.96. The first-order valence-corrected chi connectivity index (χ1v) is 5.57. The molecule has 0 atom stereocenters. The summed E-state index contributed by atoms with van der Waals surface area (Å²) in [5, 5.41) is 11.5. The number of phenolic OH excluding ortho intramolecular Hbond substituents is 1. The van der Waals surface area contributed by atoms with Crippen LogP contribution in [0, 0.1) is 0 Å². The number of aromatic hydroxyl groups is 1. The maximum atomic E-state index is 11.6. The SMILES string of the molecule is CC(C)(C)OC(=O)CNC(=O)c1ccc(O)cc1. The predicted octanol–water partition coefficient (Wildman–Crippen LogP) is 1.46. The minimum Gasteiger partial charge on any atom is -0.508 e. The van der Waals surface area contributed by atoms with Gasteiger partial charge in [-0.05, 0) is 45.0 Å². The third kappa shape index (κ3) is 4.86. The van der Waals surface area contributed by atoms with E-state index in [4.69, 9.17) is 9.84 Å². The van der Waals surface area contributed by atoms with Gasteiger partial charge in [-0.25, -0.2) is 0 Å². The quantitative estimate of drug-likeness (QED) is 0.797. The molecule has 0 aliphatic rings. The van der Waals surface area contributed by atoms with Crippen molar-refractivity contribution in [1.29, 1.82) is 0 Å². The molecule has 0 saturated carbocycles. The summed E-state index contributed by atoms with van der Waals surface area (Å²) in [7, 11) is 0. The van der Waals surface area contributed by atoms with Gasteiger partial charge in [-0.2, -0.15) is 0 Å². The Labute approximate surface area is 106 Å². The van der Waals surface area contributed by atoms with Crippen LogP contribution in [0.15, 0.2) is 24.3 Å². The number of hydrogen-bond donors (Lipinski definition) is 2. The lowest BCUT2D eigenvalue weighted by Crippen LogP contribution is -2.34. The molecule has 0 spiro atoms. The molecular weight excluding hydrogens is 234 g/mol. The number of benzene rings is 1. The Bertz CT molecular complexity index is 431. The monoisotopic (exact) mass is 251 g/mol. The standard InChI is InChI=1S/C13H17NO4/c1-13(2,3)18-11(16)8-14-12(17)9-4-6-10(15)7-5-9/h4-7,15H,8H2,1-3H3,(H,14,17). The summed E-state index contributed by atoms with van der Waals surface area (Å²) >= 11 is 0. The number of rotatable bonds is 3. The number of phenols is 1. The molecule has 2 N–H and O–H groups in total. The normalized spacial score (nSPS) is 10.8. The van der Waals surface area contributed by atoms with Crippen molar-refractivity contribution in [3.8, 4) is 5.75 Å². The van der Waals surface area contributed by atoms with Gasteiger partial charge >= 0.3 is 5.97 Å². The summed E-state index contributed by atoms with van der Waals surface area (Å²) in [4.78, 5) is 23.0. The van der Waals surface area contributed by atoms with E-state index in [1.807, 2.05) is 0 Å². The maximum Gasteiger partial charge on any atom is 0.325 e. The summed E-state index contributed by atoms with van der Waals surface area (Å²) in [5.74, 6) is -0.797. The number of hydrogen-bond acceptors (Lipinski definition) is 4. The smallest absolute Gasteiger partial charge is 0.325 e. The van der Waals surface area contributed by atoms with Crippen LogP contribution in [-0.2, 0) is 9.53 Å². The molecule has 0 fully saturated rings. The Morgan fingerprint density at radius 2 is 1.78 bits per heavy atom. The van der Waals surface area contributed by atoms with Gasteiger partial charge in [0.1, 0.15) is 17.9 Å². The summed E-state index contributed by atoms with van der Waals surface area (Å²) in [6.45, 7) is 5.09. The van der Waals surface area contributed by atoms with Gasteiger partial charge in [-0.3, -0.25) is 9.59 Å². The predicted molar refractivity (Wildman–Crippen MR) is 66.3 cm³/mol. The van der Waals surface area contributed by atoms with E-state index < -0.39 is 11.6 Å². The minimum atomic E-state index is -0.569. The van der Waals surface area contributed by atoms with Gasteiger partial charge < -0.3 is 15.2 Å². The molecule has 98 valence electrons. The number of ether oxygens (including phenoxy) is 1. The van der Waals surface area contributed by atoms with Crippen LogP contribution in [0.4, 0.5) is 0 Å². The molecule has 0 aromatic heterocycles. The third-order valence-electron chi connectivity index (χ3n) is 1.94. The molecule has 0 saturated heterocycles. The van der Waals surface area contributed by atoms with Crippen LogP contribution in [0.1, 0.15) is 31.1 Å². The van der Waals surface area contributed by atoms with Crippen molar-refractivity contribution in [2.75, 3.05) is 6.54 Å². The molecule has 1 aromatic rings. The lowest BCUT2D eigenvalue weighted by Gasteiger charge is -2.19. The van der Waals surface area contributed by atoms with Crippen LogP contribution in [0.5, 0.6) is 5.75 Å². The Morgan fingerprint density at radius 1 is 1.22 bits per heavy atom. The van der Waals surface area contributed by atoms with E-state index in [0.717, 1.165) is 0 Å². The Kier molecular flexibility index (Phi) is 4.31. The van der Waals surface area contributed by atoms with Crippen LogP contribution in [0.25, 0.3) is 0 Å². The zero-order valence-electron chi connectivity index (χ0n) is 10.7. The van der Waals surface area contributed by atoms with E-state index in [2.05, 4.69) is 5.32 Å². The van der Waals surface area contributed by atoms with Crippen molar-refractivity contribution in [2.24, 2.45) is 0 Å². The first-order valence-electron chi connectivity index (χ1n) is 5.57. The van der Waals surface area contributed by atoms with E-state index in [-0.39, 0.29) is 18.2 Å². The number of esters is 1. The average molecular weight is 251 g/mol. The third-order valence-corrected chi connectivity index (χ3v) is 1.94. The first-order chi connectivity index (χ1) is 8.28. The van der Waals surface area contributed by atoms with Crippen LogP contribution in [0.2, 0.25) is 0 Å². The molecule has 0 unspecified atom stereocenters. The fraction of sp³-hybridized carbons (Fsp3) is 0.385. The molecule has 5 heteroatoms. The number of nitrogens with one attached hydrogen (secondary N) is 1. The number of carbonyl (C=O) groups excluding carboxylic acids is 2. The van der Waals surface area contributed by atoms with Crippen molar-refractivity contribution in [2.45, 2.75) is 26.4 Å². The molecular formula is C13H17NO4. The van der Waals surface area contributed by atoms with E-state index in [9.17, 15) is 9.59 Å². The molecule has 0 heterocycles. The highest BCUT2D eigenvalue weighted by Gasteiger charge is 2.16. The minimum absolute atomic E-state index is 0.0821. The average Bonchev–Trinajstić information content (AvgIpc) is 2.24. The second-order valence-corrected chi connectivity index (χ2v) is 4.82. The van der Waals surface area contributed by atoms with Gasteiger partial charge in [0.2, 0.25) is 0 Å². The summed E-state index contributed by atoms with van der Waals surface area (Å²) in [6.07, 6.45) is 0.